The lowest BCUT2D eigenvalue weighted by Gasteiger charge is -2.30. The van der Waals surface area contributed by atoms with Crippen LogP contribution in [0.1, 0.15) is 93.7 Å². The van der Waals surface area contributed by atoms with E-state index in [1.54, 1.807) is 0 Å². The average Bonchev–Trinajstić information content (AvgIpc) is 3.85. The lowest BCUT2D eigenvalue weighted by molar-refractivity contribution is -0.137. The Bertz CT molecular complexity index is 1330. The molecule has 4 nitrogen and oxygen atoms in total. The summed E-state index contributed by atoms with van der Waals surface area (Å²) in [7, 11) is 0. The lowest BCUT2D eigenvalue weighted by atomic mass is 9.75. The van der Waals surface area contributed by atoms with Gasteiger partial charge in [0.15, 0.2) is 0 Å². The lowest BCUT2D eigenvalue weighted by Crippen LogP contribution is -2.16. The van der Waals surface area contributed by atoms with Crippen LogP contribution in [0.15, 0.2) is 66.7 Å². The second kappa shape index (κ2) is 10.7. The fourth-order valence-electron chi connectivity index (χ4n) is 6.52. The first-order valence-corrected chi connectivity index (χ1v) is 14.7. The summed E-state index contributed by atoms with van der Waals surface area (Å²) in [5, 5.41) is 9.42. The SMILES string of the molecule is CC1(C)CCC[C@H]1c1cc(COc2cccc(C(CC(=O)O)C3CC3)c2)ccc1-c1cccc(OC2CC2)c1. The molecule has 3 aromatic carbocycles. The highest BCUT2D eigenvalue weighted by atomic mass is 16.5. The van der Waals surface area contributed by atoms with Crippen molar-refractivity contribution in [3.05, 3.63) is 83.4 Å². The first-order valence-electron chi connectivity index (χ1n) is 14.7. The topological polar surface area (TPSA) is 55.8 Å². The standard InChI is InChI=1S/C35H40O4/c1-35(2)17-5-10-33(35)32-18-23(11-16-30(32)25-6-4-9-29(20-25)39-27-14-15-27)22-38-28-8-3-7-26(19-28)31(21-34(36)37)24-12-13-24/h3-4,6-9,11,16,18-20,24,27,31,33H,5,10,12-15,17,21-22H2,1-2H3,(H,36,37)/t31?,33-/m0/s1. The van der Waals surface area contributed by atoms with Crippen molar-refractivity contribution in [2.75, 3.05) is 0 Å². The number of hydrogen-bond donors (Lipinski definition) is 1. The third-order valence-electron chi connectivity index (χ3n) is 9.00. The second-order valence-corrected chi connectivity index (χ2v) is 12.6. The van der Waals surface area contributed by atoms with Gasteiger partial charge in [-0.15, -0.1) is 0 Å². The van der Waals surface area contributed by atoms with Crippen LogP contribution in [-0.2, 0) is 11.4 Å². The van der Waals surface area contributed by atoms with Gasteiger partial charge in [0.2, 0.25) is 0 Å². The molecule has 6 rings (SSSR count). The van der Waals surface area contributed by atoms with Gasteiger partial charge in [0.25, 0.3) is 0 Å². The quantitative estimate of drug-likeness (QED) is 0.272. The van der Waals surface area contributed by atoms with E-state index in [4.69, 9.17) is 9.47 Å². The molecule has 0 heterocycles. The molecule has 0 saturated heterocycles. The van der Waals surface area contributed by atoms with Crippen molar-refractivity contribution in [1.82, 2.24) is 0 Å². The minimum atomic E-state index is -0.731. The van der Waals surface area contributed by atoms with Gasteiger partial charge in [-0.2, -0.15) is 0 Å². The van der Waals surface area contributed by atoms with Crippen molar-refractivity contribution in [3.63, 3.8) is 0 Å². The van der Waals surface area contributed by atoms with Crippen molar-refractivity contribution < 1.29 is 19.4 Å². The van der Waals surface area contributed by atoms with Crippen molar-refractivity contribution in [1.29, 1.82) is 0 Å². The fraction of sp³-hybridized carbons (Fsp3) is 0.457. The van der Waals surface area contributed by atoms with Gasteiger partial charge in [0.1, 0.15) is 18.1 Å². The average molecular weight is 525 g/mol. The highest BCUT2D eigenvalue weighted by Gasteiger charge is 2.37. The van der Waals surface area contributed by atoms with Crippen LogP contribution >= 0.6 is 0 Å². The molecule has 0 bridgehead atoms. The largest absolute Gasteiger partial charge is 0.490 e. The predicted molar refractivity (Wildman–Crippen MR) is 154 cm³/mol. The van der Waals surface area contributed by atoms with Crippen LogP contribution in [0.4, 0.5) is 0 Å². The minimum Gasteiger partial charge on any atom is -0.490 e. The Hall–Kier alpha value is -3.27. The zero-order chi connectivity index (χ0) is 27.0. The van der Waals surface area contributed by atoms with Gasteiger partial charge < -0.3 is 14.6 Å². The summed E-state index contributed by atoms with van der Waals surface area (Å²) in [6, 6.07) is 23.5. The molecule has 3 aliphatic carbocycles. The molecule has 2 atom stereocenters. The maximum Gasteiger partial charge on any atom is 0.303 e. The fourth-order valence-corrected chi connectivity index (χ4v) is 6.52. The van der Waals surface area contributed by atoms with Gasteiger partial charge in [-0.05, 0) is 114 Å². The van der Waals surface area contributed by atoms with E-state index in [2.05, 4.69) is 62.4 Å². The molecule has 1 N–H and O–H groups in total. The first kappa shape index (κ1) is 26.0. The molecule has 3 aromatic rings. The summed E-state index contributed by atoms with van der Waals surface area (Å²) in [6.45, 7) is 5.30. The summed E-state index contributed by atoms with van der Waals surface area (Å²) in [6.07, 6.45) is 8.82. The Morgan fingerprint density at radius 1 is 0.949 bits per heavy atom. The molecule has 0 aromatic heterocycles. The van der Waals surface area contributed by atoms with Crippen LogP contribution in [0.3, 0.4) is 0 Å². The van der Waals surface area contributed by atoms with E-state index >= 15 is 0 Å². The number of carboxylic acids is 1. The summed E-state index contributed by atoms with van der Waals surface area (Å²) in [5.41, 5.74) is 6.42. The molecular weight excluding hydrogens is 484 g/mol. The zero-order valence-corrected chi connectivity index (χ0v) is 23.2. The van der Waals surface area contributed by atoms with E-state index in [0.717, 1.165) is 48.3 Å². The maximum absolute atomic E-state index is 11.5. The molecule has 0 aliphatic heterocycles. The van der Waals surface area contributed by atoms with E-state index in [0.29, 0.717) is 24.5 Å². The molecule has 0 spiro atoms. The molecule has 4 heteroatoms. The van der Waals surface area contributed by atoms with E-state index < -0.39 is 5.97 Å². The van der Waals surface area contributed by atoms with E-state index in [1.165, 1.54) is 36.0 Å². The number of rotatable bonds is 11. The number of carboxylic acid groups (broad SMARTS) is 1. The Morgan fingerprint density at radius 3 is 2.46 bits per heavy atom. The molecular formula is C35H40O4. The van der Waals surface area contributed by atoms with E-state index in [-0.39, 0.29) is 17.8 Å². The van der Waals surface area contributed by atoms with Crippen LogP contribution < -0.4 is 9.47 Å². The van der Waals surface area contributed by atoms with Gasteiger partial charge >= 0.3 is 5.97 Å². The second-order valence-electron chi connectivity index (χ2n) is 12.6. The van der Waals surface area contributed by atoms with Crippen LogP contribution in [0.5, 0.6) is 11.5 Å². The van der Waals surface area contributed by atoms with Gasteiger partial charge in [-0.25, -0.2) is 0 Å². The maximum atomic E-state index is 11.5. The number of benzene rings is 3. The summed E-state index contributed by atoms with van der Waals surface area (Å²) in [4.78, 5) is 11.5. The predicted octanol–water partition coefficient (Wildman–Crippen LogP) is 8.74. The summed E-state index contributed by atoms with van der Waals surface area (Å²) in [5.74, 6) is 2.09. The highest BCUT2D eigenvalue weighted by Crippen LogP contribution is 2.51. The summed E-state index contributed by atoms with van der Waals surface area (Å²) < 4.78 is 12.4. The van der Waals surface area contributed by atoms with Gasteiger partial charge in [0, 0.05) is 0 Å². The Kier molecular flexibility index (Phi) is 7.14. The molecule has 0 radical (unpaired) electrons. The smallest absolute Gasteiger partial charge is 0.303 e. The third kappa shape index (κ3) is 6.16. The molecule has 3 saturated carbocycles. The Balaban J connectivity index is 1.25. The van der Waals surface area contributed by atoms with Gasteiger partial charge in [-0.1, -0.05) is 62.7 Å². The highest BCUT2D eigenvalue weighted by molar-refractivity contribution is 5.70. The van der Waals surface area contributed by atoms with Gasteiger partial charge in [0.05, 0.1) is 12.5 Å². The minimum absolute atomic E-state index is 0.0705. The number of hydrogen-bond acceptors (Lipinski definition) is 3. The molecule has 3 aliphatic rings. The van der Waals surface area contributed by atoms with Crippen LogP contribution in [0.25, 0.3) is 11.1 Å². The van der Waals surface area contributed by atoms with Crippen molar-refractivity contribution in [3.8, 4) is 22.6 Å². The van der Waals surface area contributed by atoms with Crippen molar-refractivity contribution >= 4 is 5.97 Å². The van der Waals surface area contributed by atoms with Crippen molar-refractivity contribution in [2.45, 2.75) is 89.8 Å². The number of aliphatic carboxylic acids is 1. The van der Waals surface area contributed by atoms with Gasteiger partial charge in [-0.3, -0.25) is 4.79 Å². The summed E-state index contributed by atoms with van der Waals surface area (Å²) >= 11 is 0. The molecule has 39 heavy (non-hydrogen) atoms. The monoisotopic (exact) mass is 524 g/mol. The first-order chi connectivity index (χ1) is 18.9. The normalized spacial score (nSPS) is 20.9. The van der Waals surface area contributed by atoms with Crippen molar-refractivity contribution in [2.24, 2.45) is 11.3 Å². The Labute approximate surface area is 232 Å². The molecule has 3 fully saturated rings. The van der Waals surface area contributed by atoms with E-state index in [9.17, 15) is 9.90 Å². The van der Waals surface area contributed by atoms with Crippen LogP contribution in [0.2, 0.25) is 0 Å². The van der Waals surface area contributed by atoms with E-state index in [1.807, 2.05) is 18.2 Å². The third-order valence-corrected chi connectivity index (χ3v) is 9.00. The number of carbonyl (C=O) groups is 1. The van der Waals surface area contributed by atoms with Crippen LogP contribution in [-0.4, -0.2) is 17.2 Å². The molecule has 204 valence electrons. The number of ether oxygens (including phenoxy) is 2. The molecule has 0 amide bonds. The Morgan fingerprint density at radius 2 is 1.74 bits per heavy atom. The molecule has 1 unspecified atom stereocenters. The van der Waals surface area contributed by atoms with Crippen LogP contribution in [0, 0.1) is 11.3 Å². The zero-order valence-electron chi connectivity index (χ0n) is 23.2.